The number of nitrogens with one attached hydrogen (secondary N) is 1. The van der Waals surface area contributed by atoms with Crippen LogP contribution in [0.25, 0.3) is 0 Å². The topological polar surface area (TPSA) is 12.0 Å². The maximum Gasteiger partial charge on any atom is 0.0126 e. The Morgan fingerprint density at radius 3 is 2.15 bits per heavy atom. The van der Waals surface area contributed by atoms with E-state index in [1.165, 1.54) is 32.1 Å². The lowest BCUT2D eigenvalue weighted by Gasteiger charge is -2.24. The molecule has 0 aromatic rings. The van der Waals surface area contributed by atoms with Crippen molar-refractivity contribution in [2.24, 2.45) is 17.3 Å². The molecule has 0 amide bonds. The van der Waals surface area contributed by atoms with Crippen LogP contribution in [0.3, 0.4) is 0 Å². The Bertz CT molecular complexity index is 175. The second-order valence-corrected chi connectivity index (χ2v) is 5.66. The molecule has 0 aromatic heterocycles. The molecule has 0 radical (unpaired) electrons. The zero-order valence-electron chi connectivity index (χ0n) is 9.27. The molecular formula is C12H23N. The molecule has 1 N–H and O–H groups in total. The lowest BCUT2D eigenvalue weighted by molar-refractivity contribution is 0.312. The van der Waals surface area contributed by atoms with Crippen LogP contribution in [0.5, 0.6) is 0 Å². The molecule has 1 nitrogen and oxygen atoms in total. The summed E-state index contributed by atoms with van der Waals surface area (Å²) in [7, 11) is 2.15. The van der Waals surface area contributed by atoms with Gasteiger partial charge in [-0.25, -0.2) is 0 Å². The normalized spacial score (nSPS) is 34.8. The van der Waals surface area contributed by atoms with Crippen LogP contribution in [0.15, 0.2) is 0 Å². The van der Waals surface area contributed by atoms with Crippen LogP contribution in [0.1, 0.15) is 46.0 Å². The molecule has 0 saturated heterocycles. The van der Waals surface area contributed by atoms with E-state index in [4.69, 9.17) is 0 Å². The van der Waals surface area contributed by atoms with Gasteiger partial charge in [-0.1, -0.05) is 26.7 Å². The summed E-state index contributed by atoms with van der Waals surface area (Å²) in [6.07, 6.45) is 7.32. The van der Waals surface area contributed by atoms with Gasteiger partial charge in [0.2, 0.25) is 0 Å². The molecule has 2 fully saturated rings. The van der Waals surface area contributed by atoms with Gasteiger partial charge in [0.05, 0.1) is 0 Å². The van der Waals surface area contributed by atoms with Crippen LogP contribution in [-0.4, -0.2) is 13.1 Å². The van der Waals surface area contributed by atoms with Crippen LogP contribution in [-0.2, 0) is 0 Å². The molecule has 2 unspecified atom stereocenters. The second-order valence-electron chi connectivity index (χ2n) is 5.66. The van der Waals surface area contributed by atoms with Crippen LogP contribution in [0.4, 0.5) is 0 Å². The minimum Gasteiger partial charge on any atom is -0.316 e. The van der Waals surface area contributed by atoms with E-state index in [1.807, 2.05) is 0 Å². The third-order valence-electron chi connectivity index (χ3n) is 4.26. The van der Waals surface area contributed by atoms with Crippen molar-refractivity contribution in [2.45, 2.75) is 52.0 Å². The molecule has 2 rings (SSSR count). The van der Waals surface area contributed by atoms with Gasteiger partial charge in [-0.2, -0.15) is 0 Å². The lowest BCUT2D eigenvalue weighted by atomic mass is 9.91. The Kier molecular flexibility index (Phi) is 2.39. The van der Waals surface area contributed by atoms with E-state index in [0.717, 1.165) is 17.9 Å². The smallest absolute Gasteiger partial charge is 0.0126 e. The molecule has 0 aromatic carbocycles. The van der Waals surface area contributed by atoms with E-state index < -0.39 is 0 Å². The van der Waals surface area contributed by atoms with Crippen molar-refractivity contribution in [3.8, 4) is 0 Å². The first-order valence-electron chi connectivity index (χ1n) is 5.82. The van der Waals surface area contributed by atoms with E-state index in [2.05, 4.69) is 26.2 Å². The van der Waals surface area contributed by atoms with Crippen molar-refractivity contribution in [1.82, 2.24) is 5.32 Å². The number of hydrogen-bond acceptors (Lipinski definition) is 1. The van der Waals surface area contributed by atoms with Crippen LogP contribution < -0.4 is 5.32 Å². The van der Waals surface area contributed by atoms with Crippen molar-refractivity contribution >= 4 is 0 Å². The van der Waals surface area contributed by atoms with E-state index in [-0.39, 0.29) is 0 Å². The van der Waals surface area contributed by atoms with Gasteiger partial charge in [0.15, 0.2) is 0 Å². The molecule has 2 atom stereocenters. The third kappa shape index (κ3) is 1.76. The number of rotatable bonds is 3. The zero-order chi connectivity index (χ0) is 9.47. The third-order valence-corrected chi connectivity index (χ3v) is 4.26. The second kappa shape index (κ2) is 3.27. The van der Waals surface area contributed by atoms with E-state index in [9.17, 15) is 0 Å². The van der Waals surface area contributed by atoms with E-state index in [1.54, 1.807) is 0 Å². The lowest BCUT2D eigenvalue weighted by Crippen LogP contribution is -2.35. The highest BCUT2D eigenvalue weighted by Crippen LogP contribution is 2.56. The SMILES string of the molecule is CNC(C1CCCC1)C1CC1(C)C. The average Bonchev–Trinajstić information content (AvgIpc) is 2.55. The number of hydrogen-bond donors (Lipinski definition) is 1. The molecular weight excluding hydrogens is 158 g/mol. The standard InChI is InChI=1S/C12H23N/c1-12(2)8-10(12)11(13-3)9-6-4-5-7-9/h9-11,13H,4-8H2,1-3H3. The molecule has 13 heavy (non-hydrogen) atoms. The van der Waals surface area contributed by atoms with Gasteiger partial charge in [0, 0.05) is 6.04 Å². The summed E-state index contributed by atoms with van der Waals surface area (Å²) in [5.74, 6) is 1.94. The quantitative estimate of drug-likeness (QED) is 0.706. The van der Waals surface area contributed by atoms with Crippen molar-refractivity contribution < 1.29 is 0 Å². The van der Waals surface area contributed by atoms with Gasteiger partial charge in [-0.3, -0.25) is 0 Å². The summed E-state index contributed by atoms with van der Waals surface area (Å²) in [5.41, 5.74) is 0.635. The maximum absolute atomic E-state index is 3.56. The van der Waals surface area contributed by atoms with E-state index >= 15 is 0 Å². The fourth-order valence-electron chi connectivity index (χ4n) is 3.20. The first-order chi connectivity index (χ1) is 6.15. The summed E-state index contributed by atoms with van der Waals surface area (Å²) < 4.78 is 0. The van der Waals surface area contributed by atoms with Gasteiger partial charge in [0.1, 0.15) is 0 Å². The van der Waals surface area contributed by atoms with Gasteiger partial charge in [0.25, 0.3) is 0 Å². The van der Waals surface area contributed by atoms with Gasteiger partial charge < -0.3 is 5.32 Å². The largest absolute Gasteiger partial charge is 0.316 e. The van der Waals surface area contributed by atoms with Crippen molar-refractivity contribution in [1.29, 1.82) is 0 Å². The van der Waals surface area contributed by atoms with Crippen LogP contribution in [0.2, 0.25) is 0 Å². The van der Waals surface area contributed by atoms with Crippen molar-refractivity contribution in [2.75, 3.05) is 7.05 Å². The van der Waals surface area contributed by atoms with Crippen LogP contribution in [0, 0.1) is 17.3 Å². The summed E-state index contributed by atoms with van der Waals surface area (Å²) in [6.45, 7) is 4.83. The Balaban J connectivity index is 1.94. The Labute approximate surface area is 82.3 Å². The predicted octanol–water partition coefficient (Wildman–Crippen LogP) is 2.81. The first-order valence-corrected chi connectivity index (χ1v) is 5.82. The van der Waals surface area contributed by atoms with Gasteiger partial charge >= 0.3 is 0 Å². The molecule has 0 bridgehead atoms. The molecule has 0 spiro atoms. The molecule has 0 aliphatic heterocycles. The monoisotopic (exact) mass is 181 g/mol. The summed E-state index contributed by atoms with van der Waals surface area (Å²) >= 11 is 0. The fourth-order valence-corrected chi connectivity index (χ4v) is 3.20. The zero-order valence-corrected chi connectivity index (χ0v) is 9.27. The summed E-state index contributed by atoms with van der Waals surface area (Å²) in [5, 5.41) is 3.56. The molecule has 2 aliphatic carbocycles. The highest BCUT2D eigenvalue weighted by molar-refractivity contribution is 5.03. The van der Waals surface area contributed by atoms with Crippen molar-refractivity contribution in [3.63, 3.8) is 0 Å². The molecule has 2 aliphatic rings. The van der Waals surface area contributed by atoms with Crippen molar-refractivity contribution in [3.05, 3.63) is 0 Å². The van der Waals surface area contributed by atoms with Crippen LogP contribution >= 0.6 is 0 Å². The first kappa shape index (κ1) is 9.51. The Morgan fingerprint density at radius 1 is 1.23 bits per heavy atom. The minimum absolute atomic E-state index is 0.635. The van der Waals surface area contributed by atoms with E-state index in [0.29, 0.717) is 5.41 Å². The fraction of sp³-hybridized carbons (Fsp3) is 1.00. The molecule has 2 saturated carbocycles. The molecule has 0 heterocycles. The summed E-state index contributed by atoms with van der Waals surface area (Å²) in [4.78, 5) is 0. The minimum atomic E-state index is 0.635. The predicted molar refractivity (Wildman–Crippen MR) is 56.7 cm³/mol. The molecule has 76 valence electrons. The average molecular weight is 181 g/mol. The maximum atomic E-state index is 3.56. The van der Waals surface area contributed by atoms with Gasteiger partial charge in [-0.15, -0.1) is 0 Å². The highest BCUT2D eigenvalue weighted by Gasteiger charge is 2.51. The molecule has 1 heteroatoms. The highest BCUT2D eigenvalue weighted by atomic mass is 14.9. The Hall–Kier alpha value is -0.0400. The Morgan fingerprint density at radius 2 is 1.77 bits per heavy atom. The van der Waals surface area contributed by atoms with Gasteiger partial charge in [-0.05, 0) is 43.6 Å². The summed E-state index contributed by atoms with van der Waals surface area (Å²) in [6, 6.07) is 0.817.